The Bertz CT molecular complexity index is 1240. The van der Waals surface area contributed by atoms with E-state index in [1.165, 1.54) is 32.3 Å². The molecule has 0 aliphatic heterocycles. The lowest BCUT2D eigenvalue weighted by atomic mass is 10.2. The number of hydrogen-bond acceptors (Lipinski definition) is 7. The predicted octanol–water partition coefficient (Wildman–Crippen LogP) is 1.34. The molecule has 0 atom stereocenters. The second-order valence-electron chi connectivity index (χ2n) is 6.58. The smallest absolute Gasteiger partial charge is 0.340 e. The minimum atomic E-state index is -4.07. The second-order valence-corrected chi connectivity index (χ2v) is 10.7. The van der Waals surface area contributed by atoms with Crippen LogP contribution in [-0.4, -0.2) is 53.7 Å². The molecule has 0 aliphatic carbocycles. The fraction of sp³-hybridized carbons (Fsp3) is 0.222. The molecular weight excluding hydrogens is 470 g/mol. The van der Waals surface area contributed by atoms with Gasteiger partial charge in [-0.1, -0.05) is 17.7 Å². The van der Waals surface area contributed by atoms with Crippen molar-refractivity contribution in [2.24, 2.45) is 5.14 Å². The van der Waals surface area contributed by atoms with Crippen molar-refractivity contribution in [2.45, 2.75) is 16.7 Å². The number of halogens is 1. The lowest BCUT2D eigenvalue weighted by molar-refractivity contribution is -0.119. The van der Waals surface area contributed by atoms with E-state index in [-0.39, 0.29) is 26.1 Å². The Labute approximate surface area is 185 Å². The minimum absolute atomic E-state index is 0.0129. The van der Waals surface area contributed by atoms with Gasteiger partial charge in [0.05, 0.1) is 20.4 Å². The summed E-state index contributed by atoms with van der Waals surface area (Å²) in [6.07, 6.45) is 0. The molecule has 0 saturated carbocycles. The van der Waals surface area contributed by atoms with Gasteiger partial charge in [0.2, 0.25) is 20.0 Å². The summed E-state index contributed by atoms with van der Waals surface area (Å²) >= 11 is 5.89. The van der Waals surface area contributed by atoms with Gasteiger partial charge in [-0.25, -0.2) is 31.1 Å². The molecule has 13 heteroatoms. The second kappa shape index (κ2) is 9.32. The van der Waals surface area contributed by atoms with Gasteiger partial charge < -0.3 is 10.1 Å². The Morgan fingerprint density at radius 1 is 1.10 bits per heavy atom. The summed E-state index contributed by atoms with van der Waals surface area (Å²) in [7, 11) is -5.03. The van der Waals surface area contributed by atoms with Gasteiger partial charge in [0.1, 0.15) is 0 Å². The molecule has 0 bridgehead atoms. The molecule has 3 N–H and O–H groups in total. The molecule has 0 unspecified atom stereocenters. The van der Waals surface area contributed by atoms with E-state index in [1.54, 1.807) is 6.92 Å². The molecule has 0 spiro atoms. The van der Waals surface area contributed by atoms with E-state index in [0.717, 1.165) is 22.5 Å². The Balaban J connectivity index is 2.12. The highest BCUT2D eigenvalue weighted by atomic mass is 35.5. The summed E-state index contributed by atoms with van der Waals surface area (Å²) < 4.78 is 53.5. The fourth-order valence-corrected chi connectivity index (χ4v) is 4.27. The van der Waals surface area contributed by atoms with Crippen LogP contribution in [0, 0.1) is 6.92 Å². The highest BCUT2D eigenvalue weighted by Crippen LogP contribution is 2.23. The molecule has 2 aromatic carbocycles. The maximum absolute atomic E-state index is 12.4. The monoisotopic (exact) mass is 489 g/mol. The summed E-state index contributed by atoms with van der Waals surface area (Å²) in [6, 6.07) is 7.54. The zero-order chi connectivity index (χ0) is 23.6. The standard InChI is InChI=1S/C18H20ClN3O7S2/c1-11-4-5-12(8-16(11)31(27,28)22(2)3)21-17(23)10-29-18(24)14-9-13(30(20,25)26)6-7-15(14)19/h4-9H,10H2,1-3H3,(H,21,23)(H2,20,25,26). The summed E-state index contributed by atoms with van der Waals surface area (Å²) in [5.74, 6) is -1.78. The number of aryl methyl sites for hydroxylation is 1. The number of hydrogen-bond donors (Lipinski definition) is 2. The average molecular weight is 490 g/mol. The first-order chi connectivity index (χ1) is 14.2. The molecule has 0 heterocycles. The van der Waals surface area contributed by atoms with Crippen LogP contribution in [0.2, 0.25) is 5.02 Å². The van der Waals surface area contributed by atoms with Crippen LogP contribution < -0.4 is 10.5 Å². The largest absolute Gasteiger partial charge is 0.452 e. The van der Waals surface area contributed by atoms with Crippen LogP contribution in [0.3, 0.4) is 0 Å². The van der Waals surface area contributed by atoms with Crippen LogP contribution in [0.1, 0.15) is 15.9 Å². The normalized spacial score (nSPS) is 11.9. The van der Waals surface area contributed by atoms with Crippen LogP contribution in [-0.2, 0) is 29.6 Å². The first-order valence-corrected chi connectivity index (χ1v) is 11.9. The van der Waals surface area contributed by atoms with Gasteiger partial charge in [-0.3, -0.25) is 4.79 Å². The number of anilines is 1. The Morgan fingerprint density at radius 2 is 1.74 bits per heavy atom. The molecule has 0 fully saturated rings. The number of primary sulfonamides is 1. The number of nitrogens with one attached hydrogen (secondary N) is 1. The van der Waals surface area contributed by atoms with E-state index in [1.807, 2.05) is 0 Å². The summed E-state index contributed by atoms with van der Waals surface area (Å²) in [6.45, 7) is 0.890. The van der Waals surface area contributed by atoms with Crippen LogP contribution in [0.25, 0.3) is 0 Å². The zero-order valence-corrected chi connectivity index (χ0v) is 19.1. The van der Waals surface area contributed by atoms with Crippen molar-refractivity contribution in [1.82, 2.24) is 4.31 Å². The lowest BCUT2D eigenvalue weighted by Gasteiger charge is -2.15. The van der Waals surface area contributed by atoms with Gasteiger partial charge in [0.25, 0.3) is 5.91 Å². The van der Waals surface area contributed by atoms with Crippen molar-refractivity contribution >= 4 is 49.2 Å². The lowest BCUT2D eigenvalue weighted by Crippen LogP contribution is -2.24. The maximum Gasteiger partial charge on any atom is 0.340 e. The van der Waals surface area contributed by atoms with E-state index >= 15 is 0 Å². The number of ether oxygens (including phenoxy) is 1. The molecule has 168 valence electrons. The first kappa shape index (κ1) is 24.8. The third kappa shape index (κ3) is 6.02. The van der Waals surface area contributed by atoms with Gasteiger partial charge in [0, 0.05) is 19.8 Å². The van der Waals surface area contributed by atoms with E-state index < -0.39 is 38.5 Å². The van der Waals surface area contributed by atoms with E-state index in [2.05, 4.69) is 5.32 Å². The van der Waals surface area contributed by atoms with Crippen LogP contribution in [0.15, 0.2) is 46.2 Å². The minimum Gasteiger partial charge on any atom is -0.452 e. The average Bonchev–Trinajstić information content (AvgIpc) is 2.66. The highest BCUT2D eigenvalue weighted by Gasteiger charge is 2.21. The molecule has 31 heavy (non-hydrogen) atoms. The van der Waals surface area contributed by atoms with Gasteiger partial charge in [-0.15, -0.1) is 0 Å². The number of carbonyl (C=O) groups excluding carboxylic acids is 2. The Kier molecular flexibility index (Phi) is 7.44. The number of nitrogens with two attached hydrogens (primary N) is 1. The summed E-state index contributed by atoms with van der Waals surface area (Å²) in [4.78, 5) is 24.0. The third-order valence-electron chi connectivity index (χ3n) is 4.05. The zero-order valence-electron chi connectivity index (χ0n) is 16.7. The van der Waals surface area contributed by atoms with Crippen molar-refractivity contribution in [3.8, 4) is 0 Å². The maximum atomic E-state index is 12.4. The molecular formula is C18H20ClN3O7S2. The molecule has 2 aromatic rings. The number of rotatable bonds is 7. The first-order valence-electron chi connectivity index (χ1n) is 8.56. The number of sulfonamides is 2. The molecule has 0 radical (unpaired) electrons. The van der Waals surface area contributed by atoms with Crippen molar-refractivity contribution in [1.29, 1.82) is 0 Å². The Morgan fingerprint density at radius 3 is 2.32 bits per heavy atom. The number of esters is 1. The Hall–Kier alpha value is -2.51. The number of benzene rings is 2. The van der Waals surface area contributed by atoms with Crippen molar-refractivity contribution < 1.29 is 31.2 Å². The molecule has 1 amide bonds. The molecule has 10 nitrogen and oxygen atoms in total. The van der Waals surface area contributed by atoms with Crippen molar-refractivity contribution in [3.05, 3.63) is 52.5 Å². The van der Waals surface area contributed by atoms with Crippen LogP contribution in [0.5, 0.6) is 0 Å². The SMILES string of the molecule is Cc1ccc(NC(=O)COC(=O)c2cc(S(N)(=O)=O)ccc2Cl)cc1S(=O)(=O)N(C)C. The van der Waals surface area contributed by atoms with Crippen LogP contribution >= 0.6 is 11.6 Å². The van der Waals surface area contributed by atoms with Gasteiger partial charge in [-0.05, 0) is 42.8 Å². The van der Waals surface area contributed by atoms with E-state index in [9.17, 15) is 26.4 Å². The van der Waals surface area contributed by atoms with Crippen molar-refractivity contribution in [3.63, 3.8) is 0 Å². The summed E-state index contributed by atoms with van der Waals surface area (Å²) in [5.41, 5.74) is 0.388. The van der Waals surface area contributed by atoms with Crippen molar-refractivity contribution in [2.75, 3.05) is 26.0 Å². The fourth-order valence-electron chi connectivity index (χ4n) is 2.40. The highest BCUT2D eigenvalue weighted by molar-refractivity contribution is 7.89. The molecule has 2 rings (SSSR count). The van der Waals surface area contributed by atoms with Gasteiger partial charge in [-0.2, -0.15) is 0 Å². The van der Waals surface area contributed by atoms with E-state index in [0.29, 0.717) is 5.56 Å². The molecule has 0 saturated heterocycles. The van der Waals surface area contributed by atoms with E-state index in [4.69, 9.17) is 21.5 Å². The van der Waals surface area contributed by atoms with Gasteiger partial charge in [0.15, 0.2) is 6.61 Å². The summed E-state index contributed by atoms with van der Waals surface area (Å²) in [5, 5.41) is 7.36. The third-order valence-corrected chi connectivity index (χ3v) is 7.25. The predicted molar refractivity (Wildman–Crippen MR) is 114 cm³/mol. The number of amides is 1. The van der Waals surface area contributed by atoms with Crippen LogP contribution in [0.4, 0.5) is 5.69 Å². The number of carbonyl (C=O) groups is 2. The topological polar surface area (TPSA) is 153 Å². The number of nitrogens with zero attached hydrogens (tertiary/aromatic N) is 1. The quantitative estimate of drug-likeness (QED) is 0.556. The molecule has 0 aliphatic rings. The van der Waals surface area contributed by atoms with Gasteiger partial charge >= 0.3 is 5.97 Å². The molecule has 0 aromatic heterocycles.